The normalized spacial score (nSPS) is 17.0. The molecule has 0 aliphatic carbocycles. The van der Waals surface area contributed by atoms with Gasteiger partial charge in [-0.25, -0.2) is 0 Å². The Morgan fingerprint density at radius 2 is 1.61 bits per heavy atom. The first-order valence-electron chi connectivity index (χ1n) is 8.79. The Labute approximate surface area is 158 Å². The molecule has 1 N–H and O–H groups in total. The van der Waals surface area contributed by atoms with E-state index < -0.39 is 35.0 Å². The Hall–Kier alpha value is -1.81. The predicted octanol–water partition coefficient (Wildman–Crippen LogP) is 3.81. The lowest BCUT2D eigenvalue weighted by Gasteiger charge is -2.31. The number of hydrogen-bond donors (Lipinski definition) is 1. The third-order valence-corrected chi connectivity index (χ3v) is 4.72. The Bertz CT molecular complexity index is 635. The van der Waals surface area contributed by atoms with Crippen molar-refractivity contribution in [2.45, 2.75) is 25.2 Å². The topological polar surface area (TPSA) is 41.6 Å². The Balaban J connectivity index is 2.00. The van der Waals surface area contributed by atoms with Gasteiger partial charge in [0.05, 0.1) is 17.7 Å². The van der Waals surface area contributed by atoms with Crippen molar-refractivity contribution < 1.29 is 35.9 Å². The summed E-state index contributed by atoms with van der Waals surface area (Å²) in [5.41, 5.74) is -3.66. The number of benzene rings is 1. The average Bonchev–Trinajstić information content (AvgIpc) is 2.63. The average molecular weight is 412 g/mol. The van der Waals surface area contributed by atoms with Crippen LogP contribution in [0, 0.1) is 5.92 Å². The molecule has 1 aromatic rings. The fourth-order valence-corrected chi connectivity index (χ4v) is 3.06. The predicted molar refractivity (Wildman–Crippen MR) is 89.8 cm³/mol. The number of hydrogen-bond acceptors (Lipinski definition) is 3. The van der Waals surface area contributed by atoms with E-state index in [1.807, 2.05) is 0 Å². The van der Waals surface area contributed by atoms with Crippen molar-refractivity contribution in [1.82, 2.24) is 10.2 Å². The molecule has 28 heavy (non-hydrogen) atoms. The van der Waals surface area contributed by atoms with E-state index in [1.165, 1.54) is 0 Å². The van der Waals surface area contributed by atoms with Crippen LogP contribution in [0.2, 0.25) is 0 Å². The SMILES string of the molecule is COCCN1CCC(CNC(=O)c2cc(C(F)(F)F)cc(C(F)(F)F)c2)CC1. The van der Waals surface area contributed by atoms with Crippen molar-refractivity contribution in [3.8, 4) is 0 Å². The molecule has 0 bridgehead atoms. The highest BCUT2D eigenvalue weighted by Crippen LogP contribution is 2.36. The molecule has 0 aromatic heterocycles. The second-order valence-corrected chi connectivity index (χ2v) is 6.78. The van der Waals surface area contributed by atoms with E-state index in [0.29, 0.717) is 18.7 Å². The third-order valence-electron chi connectivity index (χ3n) is 4.72. The van der Waals surface area contributed by atoms with Gasteiger partial charge in [-0.1, -0.05) is 0 Å². The number of amides is 1. The lowest BCUT2D eigenvalue weighted by Crippen LogP contribution is -2.39. The van der Waals surface area contributed by atoms with Crippen molar-refractivity contribution in [3.05, 3.63) is 34.9 Å². The van der Waals surface area contributed by atoms with E-state index in [2.05, 4.69) is 10.2 Å². The second-order valence-electron chi connectivity index (χ2n) is 6.78. The molecular formula is C18H22F6N2O2. The molecule has 1 aliphatic heterocycles. The molecule has 0 radical (unpaired) electrons. The third kappa shape index (κ3) is 6.37. The van der Waals surface area contributed by atoms with E-state index in [1.54, 1.807) is 7.11 Å². The number of nitrogens with zero attached hydrogens (tertiary/aromatic N) is 1. The maximum Gasteiger partial charge on any atom is 0.416 e. The summed E-state index contributed by atoms with van der Waals surface area (Å²) >= 11 is 0. The number of halogens is 6. The van der Waals surface area contributed by atoms with Crippen LogP contribution in [0.4, 0.5) is 26.3 Å². The molecule has 4 nitrogen and oxygen atoms in total. The molecule has 1 amide bonds. The van der Waals surface area contributed by atoms with Crippen molar-refractivity contribution in [1.29, 1.82) is 0 Å². The highest BCUT2D eigenvalue weighted by atomic mass is 19.4. The Morgan fingerprint density at radius 1 is 1.07 bits per heavy atom. The summed E-state index contributed by atoms with van der Waals surface area (Å²) in [5, 5.41) is 2.47. The summed E-state index contributed by atoms with van der Waals surface area (Å²) in [5.74, 6) is -0.825. The zero-order valence-electron chi connectivity index (χ0n) is 15.3. The minimum absolute atomic E-state index is 0.00647. The summed E-state index contributed by atoms with van der Waals surface area (Å²) in [7, 11) is 1.61. The highest BCUT2D eigenvalue weighted by molar-refractivity contribution is 5.94. The number of carbonyl (C=O) groups is 1. The largest absolute Gasteiger partial charge is 0.416 e. The molecule has 158 valence electrons. The first kappa shape index (κ1) is 22.5. The van der Waals surface area contributed by atoms with Crippen LogP contribution in [0.1, 0.15) is 34.3 Å². The maximum atomic E-state index is 12.9. The molecule has 2 rings (SSSR count). The highest BCUT2D eigenvalue weighted by Gasteiger charge is 2.37. The van der Waals surface area contributed by atoms with Gasteiger partial charge in [0.2, 0.25) is 0 Å². The zero-order chi connectivity index (χ0) is 20.9. The second kappa shape index (κ2) is 9.13. The number of alkyl halides is 6. The van der Waals surface area contributed by atoms with Gasteiger partial charge in [-0.2, -0.15) is 26.3 Å². The van der Waals surface area contributed by atoms with Gasteiger partial charge < -0.3 is 15.0 Å². The van der Waals surface area contributed by atoms with Crippen LogP contribution < -0.4 is 5.32 Å². The van der Waals surface area contributed by atoms with Gasteiger partial charge in [0.1, 0.15) is 0 Å². The van der Waals surface area contributed by atoms with Gasteiger partial charge in [0, 0.05) is 25.8 Å². The number of likely N-dealkylation sites (tertiary alicyclic amines) is 1. The van der Waals surface area contributed by atoms with Crippen LogP contribution in [-0.2, 0) is 17.1 Å². The maximum absolute atomic E-state index is 12.9. The molecule has 1 fully saturated rings. The molecule has 0 saturated carbocycles. The molecule has 1 aliphatic rings. The molecule has 1 heterocycles. The molecule has 0 atom stereocenters. The van der Waals surface area contributed by atoms with Gasteiger partial charge >= 0.3 is 12.4 Å². The van der Waals surface area contributed by atoms with Crippen molar-refractivity contribution in [3.63, 3.8) is 0 Å². The summed E-state index contributed by atoms with van der Waals surface area (Å²) < 4.78 is 82.3. The number of piperidine rings is 1. The Kier molecular flexibility index (Phi) is 7.33. The summed E-state index contributed by atoms with van der Waals surface area (Å²) in [4.78, 5) is 14.4. The van der Waals surface area contributed by atoms with Crippen LogP contribution in [0.3, 0.4) is 0 Å². The fourth-order valence-electron chi connectivity index (χ4n) is 3.06. The van der Waals surface area contributed by atoms with E-state index in [4.69, 9.17) is 4.74 Å². The van der Waals surface area contributed by atoms with Crippen molar-refractivity contribution >= 4 is 5.91 Å². The first-order chi connectivity index (χ1) is 13.0. The monoisotopic (exact) mass is 412 g/mol. The van der Waals surface area contributed by atoms with E-state index in [9.17, 15) is 31.1 Å². The first-order valence-corrected chi connectivity index (χ1v) is 8.79. The number of ether oxygens (including phenoxy) is 1. The Morgan fingerprint density at radius 3 is 2.07 bits per heavy atom. The van der Waals surface area contributed by atoms with Crippen LogP contribution in [0.15, 0.2) is 18.2 Å². The lowest BCUT2D eigenvalue weighted by molar-refractivity contribution is -0.143. The van der Waals surface area contributed by atoms with E-state index in [0.717, 1.165) is 32.5 Å². The van der Waals surface area contributed by atoms with E-state index >= 15 is 0 Å². The number of rotatable bonds is 6. The lowest BCUT2D eigenvalue weighted by atomic mass is 9.96. The molecular weight excluding hydrogens is 390 g/mol. The van der Waals surface area contributed by atoms with Gasteiger partial charge in [0.15, 0.2) is 0 Å². The van der Waals surface area contributed by atoms with Crippen molar-refractivity contribution in [2.75, 3.05) is 39.9 Å². The van der Waals surface area contributed by atoms with Gasteiger partial charge in [-0.3, -0.25) is 4.79 Å². The quantitative estimate of drug-likeness (QED) is 0.723. The number of nitrogens with one attached hydrogen (secondary N) is 1. The van der Waals surface area contributed by atoms with Crippen LogP contribution in [0.5, 0.6) is 0 Å². The molecule has 10 heteroatoms. The minimum atomic E-state index is -4.98. The summed E-state index contributed by atoms with van der Waals surface area (Å²) in [6, 6.07) is 0.891. The van der Waals surface area contributed by atoms with Crippen molar-refractivity contribution in [2.24, 2.45) is 5.92 Å². The molecule has 0 unspecified atom stereocenters. The van der Waals surface area contributed by atoms with Crippen LogP contribution in [0.25, 0.3) is 0 Å². The summed E-state index contributed by atoms with van der Waals surface area (Å²) in [6.45, 7) is 3.20. The zero-order valence-corrected chi connectivity index (χ0v) is 15.3. The number of carbonyl (C=O) groups excluding carboxylic acids is 1. The van der Waals surface area contributed by atoms with Crippen LogP contribution >= 0.6 is 0 Å². The van der Waals surface area contributed by atoms with Crippen LogP contribution in [-0.4, -0.2) is 50.7 Å². The molecule has 0 spiro atoms. The fraction of sp³-hybridized carbons (Fsp3) is 0.611. The standard InChI is InChI=1S/C18H22F6N2O2/c1-28-7-6-26-4-2-12(3-5-26)11-25-16(27)13-8-14(17(19,20)21)10-15(9-13)18(22,23)24/h8-10,12H,2-7,11H2,1H3,(H,25,27). The van der Waals surface area contributed by atoms with Gasteiger partial charge in [0.25, 0.3) is 5.91 Å². The number of methoxy groups -OCH3 is 1. The minimum Gasteiger partial charge on any atom is -0.383 e. The summed E-state index contributed by atoms with van der Waals surface area (Å²) in [6.07, 6.45) is -8.41. The smallest absolute Gasteiger partial charge is 0.383 e. The molecule has 1 saturated heterocycles. The van der Waals surface area contributed by atoms with Gasteiger partial charge in [-0.05, 0) is 50.0 Å². The van der Waals surface area contributed by atoms with E-state index in [-0.39, 0.29) is 18.5 Å². The van der Waals surface area contributed by atoms with Gasteiger partial charge in [-0.15, -0.1) is 0 Å². The molecule has 1 aromatic carbocycles.